The number of rotatable bonds is 8. The summed E-state index contributed by atoms with van der Waals surface area (Å²) in [6, 6.07) is 48.9. The van der Waals surface area contributed by atoms with Gasteiger partial charge in [-0.05, 0) is 83.3 Å². The van der Waals surface area contributed by atoms with E-state index in [1.807, 2.05) is 18.2 Å². The Hall–Kier alpha value is -5.34. The molecule has 5 aromatic rings. The number of benzene rings is 5. The predicted octanol–water partition coefficient (Wildman–Crippen LogP) is 10.7. The Morgan fingerprint density at radius 2 is 1.10 bits per heavy atom. The van der Waals surface area contributed by atoms with Gasteiger partial charge in [-0.2, -0.15) is 0 Å². The summed E-state index contributed by atoms with van der Waals surface area (Å²) < 4.78 is 0. The topological polar surface area (TPSA) is 15.3 Å². The molecular formula is C39H32N2. The minimum atomic E-state index is 0.858. The minimum Gasteiger partial charge on any atom is -0.356 e. The zero-order valence-electron chi connectivity index (χ0n) is 22.9. The maximum Gasteiger partial charge on any atom is 0.0502 e. The molecule has 0 heterocycles. The van der Waals surface area contributed by atoms with Crippen LogP contribution in [0.25, 0.3) is 17.2 Å². The van der Waals surface area contributed by atoms with Crippen LogP contribution < -0.4 is 10.2 Å². The summed E-state index contributed by atoms with van der Waals surface area (Å²) in [5.74, 6) is 0. The summed E-state index contributed by atoms with van der Waals surface area (Å²) in [5.41, 5.74) is 10.3. The zero-order valence-corrected chi connectivity index (χ0v) is 22.9. The lowest BCUT2D eigenvalue weighted by Gasteiger charge is -2.30. The molecule has 6 rings (SSSR count). The van der Waals surface area contributed by atoms with Crippen molar-refractivity contribution in [3.8, 4) is 11.1 Å². The molecule has 1 N–H and O–H groups in total. The molecule has 0 atom stereocenters. The number of para-hydroxylation sites is 2. The lowest BCUT2D eigenvalue weighted by Crippen LogP contribution is -2.18. The van der Waals surface area contributed by atoms with E-state index >= 15 is 0 Å². The minimum absolute atomic E-state index is 0.858. The quantitative estimate of drug-likeness (QED) is 0.215. The fourth-order valence-corrected chi connectivity index (χ4v) is 5.02. The van der Waals surface area contributed by atoms with Crippen molar-refractivity contribution < 1.29 is 0 Å². The molecule has 198 valence electrons. The highest BCUT2D eigenvalue weighted by Crippen LogP contribution is 2.37. The third-order valence-corrected chi connectivity index (χ3v) is 7.09. The summed E-state index contributed by atoms with van der Waals surface area (Å²) in [7, 11) is 0. The van der Waals surface area contributed by atoms with Crippen molar-refractivity contribution in [3.63, 3.8) is 0 Å². The summed E-state index contributed by atoms with van der Waals surface area (Å²) in [4.78, 5) is 2.36. The van der Waals surface area contributed by atoms with E-state index in [0.29, 0.717) is 0 Å². The highest BCUT2D eigenvalue weighted by molar-refractivity contribution is 5.79. The molecule has 0 bridgehead atoms. The Morgan fingerprint density at radius 1 is 0.537 bits per heavy atom. The molecule has 1 aliphatic rings. The van der Waals surface area contributed by atoms with Gasteiger partial charge < -0.3 is 10.2 Å². The second-order valence-corrected chi connectivity index (χ2v) is 9.94. The molecule has 2 nitrogen and oxygen atoms in total. The Kier molecular flexibility index (Phi) is 8.01. The molecule has 0 aliphatic heterocycles. The van der Waals surface area contributed by atoms with E-state index in [0.717, 1.165) is 34.9 Å². The van der Waals surface area contributed by atoms with Crippen LogP contribution in [0.4, 0.5) is 22.7 Å². The van der Waals surface area contributed by atoms with Crippen molar-refractivity contribution in [1.29, 1.82) is 0 Å². The molecule has 2 heteroatoms. The average molecular weight is 529 g/mol. The molecule has 0 aromatic heterocycles. The van der Waals surface area contributed by atoms with Gasteiger partial charge in [0.15, 0.2) is 0 Å². The van der Waals surface area contributed by atoms with E-state index in [-0.39, 0.29) is 0 Å². The van der Waals surface area contributed by atoms with Crippen LogP contribution in [0.15, 0.2) is 181 Å². The fourth-order valence-electron chi connectivity index (χ4n) is 5.02. The zero-order chi connectivity index (χ0) is 27.7. The number of hydrogen-bond donors (Lipinski definition) is 1. The summed E-state index contributed by atoms with van der Waals surface area (Å²) in [5, 5.41) is 3.46. The normalized spacial score (nSPS) is 12.9. The maximum atomic E-state index is 3.46. The van der Waals surface area contributed by atoms with Crippen LogP contribution >= 0.6 is 0 Å². The van der Waals surface area contributed by atoms with E-state index in [1.165, 1.54) is 22.3 Å². The Labute approximate surface area is 242 Å². The van der Waals surface area contributed by atoms with Crippen LogP contribution in [0.1, 0.15) is 12.0 Å². The second kappa shape index (κ2) is 12.7. The molecule has 41 heavy (non-hydrogen) atoms. The van der Waals surface area contributed by atoms with Crippen LogP contribution in [0.3, 0.4) is 0 Å². The van der Waals surface area contributed by atoms with Crippen molar-refractivity contribution in [2.24, 2.45) is 0 Å². The first-order valence-corrected chi connectivity index (χ1v) is 14.0. The third-order valence-electron chi connectivity index (χ3n) is 7.09. The Morgan fingerprint density at radius 3 is 1.78 bits per heavy atom. The predicted molar refractivity (Wildman–Crippen MR) is 176 cm³/mol. The van der Waals surface area contributed by atoms with Gasteiger partial charge in [0.1, 0.15) is 0 Å². The first-order valence-electron chi connectivity index (χ1n) is 14.0. The van der Waals surface area contributed by atoms with Gasteiger partial charge in [-0.25, -0.2) is 0 Å². The van der Waals surface area contributed by atoms with Gasteiger partial charge in [-0.15, -0.1) is 0 Å². The molecule has 0 fully saturated rings. The first-order chi connectivity index (χ1) is 20.3. The largest absolute Gasteiger partial charge is 0.356 e. The standard InChI is InChI=1S/C39H32N2/c1-2-9-17-34(16-8-1)39(30-31-14-6-3-7-15-31)41(37-20-12-5-13-21-37)38-28-24-33(25-29-38)32-22-26-36(27-23-32)40-35-18-10-4-11-19-35/h1-16,18-30,40H,17H2/b39-30+. The highest BCUT2D eigenvalue weighted by atomic mass is 15.1. The molecule has 0 amide bonds. The summed E-state index contributed by atoms with van der Waals surface area (Å²) in [6.45, 7) is 0. The maximum absolute atomic E-state index is 3.46. The van der Waals surface area contributed by atoms with Crippen molar-refractivity contribution in [1.82, 2.24) is 0 Å². The van der Waals surface area contributed by atoms with E-state index in [9.17, 15) is 0 Å². The average Bonchev–Trinajstić information content (AvgIpc) is 3.33. The molecule has 0 unspecified atom stereocenters. The van der Waals surface area contributed by atoms with Crippen LogP contribution in [-0.4, -0.2) is 0 Å². The molecule has 0 radical (unpaired) electrons. The monoisotopic (exact) mass is 528 g/mol. The third kappa shape index (κ3) is 6.46. The molecule has 0 spiro atoms. The van der Waals surface area contributed by atoms with E-state index in [1.54, 1.807) is 0 Å². The van der Waals surface area contributed by atoms with Gasteiger partial charge in [0.2, 0.25) is 0 Å². The highest BCUT2D eigenvalue weighted by Gasteiger charge is 2.18. The van der Waals surface area contributed by atoms with E-state index in [4.69, 9.17) is 0 Å². The van der Waals surface area contributed by atoms with Gasteiger partial charge in [-0.1, -0.05) is 121 Å². The number of nitrogens with one attached hydrogen (secondary N) is 1. The molecule has 0 saturated carbocycles. The Bertz CT molecular complexity index is 1680. The van der Waals surface area contributed by atoms with Crippen LogP contribution in [-0.2, 0) is 0 Å². The van der Waals surface area contributed by atoms with Gasteiger partial charge >= 0.3 is 0 Å². The first kappa shape index (κ1) is 25.9. The van der Waals surface area contributed by atoms with Crippen LogP contribution in [0.5, 0.6) is 0 Å². The number of nitrogens with zero attached hydrogens (tertiary/aromatic N) is 1. The number of hydrogen-bond acceptors (Lipinski definition) is 2. The van der Waals surface area contributed by atoms with Gasteiger partial charge in [-0.3, -0.25) is 0 Å². The van der Waals surface area contributed by atoms with Crippen molar-refractivity contribution in [2.75, 3.05) is 10.2 Å². The molecular weight excluding hydrogens is 496 g/mol. The van der Waals surface area contributed by atoms with Gasteiger partial charge in [0.05, 0.1) is 5.70 Å². The smallest absolute Gasteiger partial charge is 0.0502 e. The lowest BCUT2D eigenvalue weighted by molar-refractivity contribution is 1.12. The fraction of sp³-hybridized carbons (Fsp3) is 0.0256. The number of allylic oxidation sites excluding steroid dienone is 6. The van der Waals surface area contributed by atoms with Crippen LogP contribution in [0.2, 0.25) is 0 Å². The van der Waals surface area contributed by atoms with Crippen molar-refractivity contribution in [2.45, 2.75) is 6.42 Å². The van der Waals surface area contributed by atoms with Crippen molar-refractivity contribution in [3.05, 3.63) is 187 Å². The molecule has 1 aliphatic carbocycles. The SMILES string of the molecule is C1=CC=C(/C(=C\c2ccccc2)N(c2ccccc2)c2ccc(-c3ccc(Nc4ccccc4)cc3)cc2)CC=C1. The summed E-state index contributed by atoms with van der Waals surface area (Å²) in [6.07, 6.45) is 13.9. The van der Waals surface area contributed by atoms with Crippen LogP contribution in [0, 0.1) is 0 Å². The molecule has 5 aromatic carbocycles. The van der Waals surface area contributed by atoms with E-state index in [2.05, 4.69) is 168 Å². The summed E-state index contributed by atoms with van der Waals surface area (Å²) >= 11 is 0. The number of anilines is 4. The van der Waals surface area contributed by atoms with E-state index < -0.39 is 0 Å². The molecule has 0 saturated heterocycles. The Balaban J connectivity index is 1.36. The van der Waals surface area contributed by atoms with Crippen molar-refractivity contribution >= 4 is 28.8 Å². The lowest BCUT2D eigenvalue weighted by atomic mass is 10.0. The van der Waals surface area contributed by atoms with Gasteiger partial charge in [0, 0.05) is 22.7 Å². The van der Waals surface area contributed by atoms with Gasteiger partial charge in [0.25, 0.3) is 0 Å². The second-order valence-electron chi connectivity index (χ2n) is 9.94.